The minimum absolute atomic E-state index is 0.193. The summed E-state index contributed by atoms with van der Waals surface area (Å²) < 4.78 is 0. The predicted molar refractivity (Wildman–Crippen MR) is 83.2 cm³/mol. The molecule has 2 aromatic rings. The minimum atomic E-state index is -0.827. The molecule has 2 aromatic carbocycles. The smallest absolute Gasteiger partial charge is 0.323 e. The van der Waals surface area contributed by atoms with Crippen LogP contribution in [0.2, 0.25) is 0 Å². The highest BCUT2D eigenvalue weighted by atomic mass is 16.7. The highest BCUT2D eigenvalue weighted by Crippen LogP contribution is 2.32. The Morgan fingerprint density at radius 1 is 1.09 bits per heavy atom. The first kappa shape index (κ1) is 14.8. The fourth-order valence-electron chi connectivity index (χ4n) is 2.87. The van der Waals surface area contributed by atoms with Gasteiger partial charge in [0.2, 0.25) is 0 Å². The van der Waals surface area contributed by atoms with E-state index in [2.05, 4.69) is 0 Å². The molecule has 0 unspecified atom stereocenters. The molecule has 1 aliphatic heterocycles. The maximum atomic E-state index is 11.5. The quantitative estimate of drug-likeness (QED) is 0.921. The SMILES string of the molecule is O=C(O)[C@@H]1C[C@@H](c2ccccc2)CN1OCc1ccccc1. The van der Waals surface area contributed by atoms with Gasteiger partial charge in [-0.25, -0.2) is 0 Å². The van der Waals surface area contributed by atoms with E-state index in [9.17, 15) is 9.90 Å². The lowest BCUT2D eigenvalue weighted by Gasteiger charge is -2.20. The fourth-order valence-corrected chi connectivity index (χ4v) is 2.87. The van der Waals surface area contributed by atoms with Gasteiger partial charge in [-0.2, -0.15) is 5.06 Å². The van der Waals surface area contributed by atoms with E-state index >= 15 is 0 Å². The average molecular weight is 297 g/mol. The average Bonchev–Trinajstić information content (AvgIpc) is 2.99. The molecule has 0 aliphatic carbocycles. The van der Waals surface area contributed by atoms with Gasteiger partial charge in [-0.15, -0.1) is 0 Å². The van der Waals surface area contributed by atoms with Crippen LogP contribution in [0.5, 0.6) is 0 Å². The van der Waals surface area contributed by atoms with Crippen LogP contribution in [0.3, 0.4) is 0 Å². The van der Waals surface area contributed by atoms with Crippen LogP contribution < -0.4 is 0 Å². The van der Waals surface area contributed by atoms with Crippen molar-refractivity contribution in [1.29, 1.82) is 0 Å². The zero-order chi connectivity index (χ0) is 15.4. The lowest BCUT2D eigenvalue weighted by atomic mass is 9.96. The highest BCUT2D eigenvalue weighted by Gasteiger charge is 2.38. The van der Waals surface area contributed by atoms with Gasteiger partial charge >= 0.3 is 5.97 Å². The van der Waals surface area contributed by atoms with Crippen LogP contribution in [0.25, 0.3) is 0 Å². The lowest BCUT2D eigenvalue weighted by molar-refractivity contribution is -0.193. The van der Waals surface area contributed by atoms with Gasteiger partial charge in [-0.1, -0.05) is 60.7 Å². The largest absolute Gasteiger partial charge is 0.480 e. The number of hydrogen-bond acceptors (Lipinski definition) is 3. The Labute approximate surface area is 129 Å². The zero-order valence-electron chi connectivity index (χ0n) is 12.3. The second-order valence-corrected chi connectivity index (χ2v) is 5.56. The molecule has 3 rings (SSSR count). The summed E-state index contributed by atoms with van der Waals surface area (Å²) in [4.78, 5) is 17.2. The normalized spacial score (nSPS) is 21.8. The monoisotopic (exact) mass is 297 g/mol. The summed E-state index contributed by atoms with van der Waals surface area (Å²) in [6, 6.07) is 19.2. The van der Waals surface area contributed by atoms with Gasteiger partial charge < -0.3 is 5.11 Å². The molecule has 0 amide bonds. The van der Waals surface area contributed by atoms with Crippen molar-refractivity contribution in [3.05, 3.63) is 71.8 Å². The Balaban J connectivity index is 1.68. The van der Waals surface area contributed by atoms with E-state index in [1.165, 1.54) is 5.56 Å². The van der Waals surface area contributed by atoms with Crippen LogP contribution >= 0.6 is 0 Å². The van der Waals surface area contributed by atoms with E-state index in [0.717, 1.165) is 5.56 Å². The third-order valence-corrected chi connectivity index (χ3v) is 4.05. The van der Waals surface area contributed by atoms with Crippen LogP contribution in [0.1, 0.15) is 23.5 Å². The van der Waals surface area contributed by atoms with Gasteiger partial charge in [-0.3, -0.25) is 9.63 Å². The second-order valence-electron chi connectivity index (χ2n) is 5.56. The molecule has 1 fully saturated rings. The van der Waals surface area contributed by atoms with Gasteiger partial charge in [0, 0.05) is 12.5 Å². The van der Waals surface area contributed by atoms with Crippen LogP contribution in [0.15, 0.2) is 60.7 Å². The topological polar surface area (TPSA) is 49.8 Å². The van der Waals surface area contributed by atoms with Crippen molar-refractivity contribution in [3.63, 3.8) is 0 Å². The summed E-state index contributed by atoms with van der Waals surface area (Å²) in [5.41, 5.74) is 2.20. The molecule has 1 saturated heterocycles. The predicted octanol–water partition coefficient (Wildman–Crippen LogP) is 3.06. The number of hydrogen-bond donors (Lipinski definition) is 1. The maximum Gasteiger partial charge on any atom is 0.323 e. The van der Waals surface area contributed by atoms with Crippen molar-refractivity contribution < 1.29 is 14.7 Å². The van der Waals surface area contributed by atoms with E-state index in [1.807, 2.05) is 60.7 Å². The molecule has 114 valence electrons. The van der Waals surface area contributed by atoms with Crippen LogP contribution in [-0.2, 0) is 16.2 Å². The van der Waals surface area contributed by atoms with Gasteiger partial charge in [-0.05, 0) is 17.5 Å². The van der Waals surface area contributed by atoms with E-state index in [4.69, 9.17) is 4.84 Å². The molecule has 0 aromatic heterocycles. The summed E-state index contributed by atoms with van der Waals surface area (Å²) >= 11 is 0. The Kier molecular flexibility index (Phi) is 4.51. The summed E-state index contributed by atoms with van der Waals surface area (Å²) in [6.07, 6.45) is 0.578. The fraction of sp³-hybridized carbons (Fsp3) is 0.278. The molecule has 22 heavy (non-hydrogen) atoms. The number of aliphatic carboxylic acids is 1. The molecular weight excluding hydrogens is 278 g/mol. The van der Waals surface area contributed by atoms with E-state index in [1.54, 1.807) is 5.06 Å². The lowest BCUT2D eigenvalue weighted by Crippen LogP contribution is -2.35. The summed E-state index contributed by atoms with van der Waals surface area (Å²) in [5.74, 6) is -0.635. The molecule has 1 heterocycles. The van der Waals surface area contributed by atoms with Crippen molar-refractivity contribution in [2.75, 3.05) is 6.54 Å². The first-order chi connectivity index (χ1) is 10.7. The standard InChI is InChI=1S/C18H19NO3/c20-18(21)17-11-16(15-9-5-2-6-10-15)12-19(17)22-13-14-7-3-1-4-8-14/h1-10,16-17H,11-13H2,(H,20,21)/t16-,17+/m1/s1. The summed E-state index contributed by atoms with van der Waals surface area (Å²) in [6.45, 7) is 1.000. The van der Waals surface area contributed by atoms with E-state index in [0.29, 0.717) is 19.6 Å². The number of carbonyl (C=O) groups is 1. The van der Waals surface area contributed by atoms with Gasteiger partial charge in [0.15, 0.2) is 0 Å². The number of rotatable bonds is 5. The Morgan fingerprint density at radius 3 is 2.36 bits per heavy atom. The van der Waals surface area contributed by atoms with E-state index < -0.39 is 12.0 Å². The molecule has 0 bridgehead atoms. The first-order valence-electron chi connectivity index (χ1n) is 7.45. The van der Waals surface area contributed by atoms with E-state index in [-0.39, 0.29) is 5.92 Å². The number of hydroxylamine groups is 2. The third kappa shape index (κ3) is 3.35. The second kappa shape index (κ2) is 6.73. The summed E-state index contributed by atoms with van der Waals surface area (Å²) in [7, 11) is 0. The Bertz CT molecular complexity index is 615. The molecule has 2 atom stereocenters. The Morgan fingerprint density at radius 2 is 1.73 bits per heavy atom. The molecule has 1 N–H and O–H groups in total. The summed E-state index contributed by atoms with van der Waals surface area (Å²) in [5, 5.41) is 11.0. The minimum Gasteiger partial charge on any atom is -0.480 e. The van der Waals surface area contributed by atoms with Crippen LogP contribution in [0.4, 0.5) is 0 Å². The molecule has 4 nitrogen and oxygen atoms in total. The van der Waals surface area contributed by atoms with Gasteiger partial charge in [0.25, 0.3) is 0 Å². The maximum absolute atomic E-state index is 11.5. The number of benzene rings is 2. The third-order valence-electron chi connectivity index (χ3n) is 4.05. The Hall–Kier alpha value is -2.17. The first-order valence-corrected chi connectivity index (χ1v) is 7.45. The van der Waals surface area contributed by atoms with Crippen molar-refractivity contribution in [3.8, 4) is 0 Å². The highest BCUT2D eigenvalue weighted by molar-refractivity contribution is 5.74. The molecular formula is C18H19NO3. The molecule has 0 spiro atoms. The number of carboxylic acid groups (broad SMARTS) is 1. The van der Waals surface area contributed by atoms with Gasteiger partial charge in [0.1, 0.15) is 6.04 Å². The van der Waals surface area contributed by atoms with Crippen molar-refractivity contribution in [2.45, 2.75) is 25.0 Å². The van der Waals surface area contributed by atoms with Crippen molar-refractivity contribution in [1.82, 2.24) is 5.06 Å². The molecule has 1 aliphatic rings. The van der Waals surface area contributed by atoms with Crippen LogP contribution in [-0.4, -0.2) is 28.7 Å². The van der Waals surface area contributed by atoms with Crippen molar-refractivity contribution in [2.24, 2.45) is 0 Å². The number of carboxylic acids is 1. The van der Waals surface area contributed by atoms with Crippen LogP contribution in [0, 0.1) is 0 Å². The van der Waals surface area contributed by atoms with Gasteiger partial charge in [0.05, 0.1) is 6.61 Å². The van der Waals surface area contributed by atoms with Crippen molar-refractivity contribution >= 4 is 5.97 Å². The molecule has 4 heteroatoms. The molecule has 0 radical (unpaired) electrons. The molecule has 0 saturated carbocycles. The zero-order valence-corrected chi connectivity index (χ0v) is 12.3. The number of nitrogens with zero attached hydrogens (tertiary/aromatic N) is 1.